The van der Waals surface area contributed by atoms with Gasteiger partial charge >= 0.3 is 0 Å². The molecule has 1 aromatic heterocycles. The minimum absolute atomic E-state index is 0.0899. The molecule has 1 amide bonds. The van der Waals surface area contributed by atoms with Crippen molar-refractivity contribution in [1.29, 1.82) is 0 Å². The maximum absolute atomic E-state index is 13.1. The number of aromatic nitrogens is 1. The zero-order valence-corrected chi connectivity index (χ0v) is 18.8. The number of H-pyrrole nitrogens is 1. The summed E-state index contributed by atoms with van der Waals surface area (Å²) in [6.07, 6.45) is 2.00. The Hall–Kier alpha value is -2.94. The number of halogens is 1. The summed E-state index contributed by atoms with van der Waals surface area (Å²) in [6.45, 7) is 0. The van der Waals surface area contributed by atoms with Gasteiger partial charge in [-0.1, -0.05) is 52.3 Å². The fourth-order valence-electron chi connectivity index (χ4n) is 3.33. The highest BCUT2D eigenvalue weighted by atomic mass is 79.9. The van der Waals surface area contributed by atoms with E-state index in [9.17, 15) is 13.2 Å². The molecule has 4 aromatic rings. The van der Waals surface area contributed by atoms with Gasteiger partial charge in [-0.15, -0.1) is 0 Å². The first-order valence-corrected chi connectivity index (χ1v) is 11.9. The molecule has 4 rings (SSSR count). The van der Waals surface area contributed by atoms with Crippen molar-refractivity contribution in [3.63, 3.8) is 0 Å². The molecule has 0 bridgehead atoms. The van der Waals surface area contributed by atoms with Crippen molar-refractivity contribution < 1.29 is 13.2 Å². The number of hydrogen-bond donors (Lipinski definition) is 3. The second-order valence-corrected chi connectivity index (χ2v) is 9.68. The van der Waals surface area contributed by atoms with Crippen LogP contribution in [0.4, 0.5) is 5.69 Å². The summed E-state index contributed by atoms with van der Waals surface area (Å²) >= 11 is 3.30. The SMILES string of the molecule is O=C(Nc1ccccc1)C(Cc1c[nH]c2ccccc12)NS(=O)(=O)c1ccc(Br)cc1. The Morgan fingerprint density at radius 1 is 0.935 bits per heavy atom. The van der Waals surface area contributed by atoms with E-state index in [1.165, 1.54) is 12.1 Å². The van der Waals surface area contributed by atoms with Crippen LogP contribution < -0.4 is 10.0 Å². The topological polar surface area (TPSA) is 91.1 Å². The minimum Gasteiger partial charge on any atom is -0.361 e. The number of carbonyl (C=O) groups is 1. The van der Waals surface area contributed by atoms with Crippen LogP contribution >= 0.6 is 15.9 Å². The molecule has 0 radical (unpaired) electrons. The Morgan fingerprint density at radius 3 is 2.35 bits per heavy atom. The van der Waals surface area contributed by atoms with Crippen LogP contribution in [0.2, 0.25) is 0 Å². The predicted octanol–water partition coefficient (Wildman–Crippen LogP) is 4.46. The van der Waals surface area contributed by atoms with Crippen molar-refractivity contribution in [2.45, 2.75) is 17.4 Å². The number of sulfonamides is 1. The molecule has 3 N–H and O–H groups in total. The predicted molar refractivity (Wildman–Crippen MR) is 125 cm³/mol. The van der Waals surface area contributed by atoms with Gasteiger partial charge in [0.1, 0.15) is 6.04 Å². The molecule has 0 saturated carbocycles. The smallest absolute Gasteiger partial charge is 0.242 e. The minimum atomic E-state index is -3.91. The number of fused-ring (bicyclic) bond motifs is 1. The van der Waals surface area contributed by atoms with E-state index in [0.29, 0.717) is 5.69 Å². The van der Waals surface area contributed by atoms with Gasteiger partial charge < -0.3 is 10.3 Å². The molecule has 0 fully saturated rings. The van der Waals surface area contributed by atoms with Crippen LogP contribution in [0.25, 0.3) is 10.9 Å². The lowest BCUT2D eigenvalue weighted by atomic mass is 10.0. The van der Waals surface area contributed by atoms with E-state index in [2.05, 4.69) is 31.0 Å². The van der Waals surface area contributed by atoms with Gasteiger partial charge in [0.25, 0.3) is 0 Å². The van der Waals surface area contributed by atoms with E-state index in [4.69, 9.17) is 0 Å². The molecule has 1 heterocycles. The van der Waals surface area contributed by atoms with Gasteiger partial charge in [-0.05, 0) is 54.4 Å². The molecule has 158 valence electrons. The highest BCUT2D eigenvalue weighted by molar-refractivity contribution is 9.10. The molecule has 3 aromatic carbocycles. The Balaban J connectivity index is 1.64. The lowest BCUT2D eigenvalue weighted by Gasteiger charge is -2.19. The van der Waals surface area contributed by atoms with Crippen LogP contribution in [0.15, 0.2) is 94.4 Å². The number of nitrogens with one attached hydrogen (secondary N) is 3. The van der Waals surface area contributed by atoms with Gasteiger partial charge in [0, 0.05) is 27.3 Å². The van der Waals surface area contributed by atoms with Crippen LogP contribution in [0.5, 0.6) is 0 Å². The van der Waals surface area contributed by atoms with Crippen molar-refractivity contribution in [2.75, 3.05) is 5.32 Å². The Kier molecular flexibility index (Phi) is 6.22. The maximum Gasteiger partial charge on any atom is 0.242 e. The zero-order valence-electron chi connectivity index (χ0n) is 16.4. The molecule has 31 heavy (non-hydrogen) atoms. The van der Waals surface area contributed by atoms with Gasteiger partial charge in [-0.3, -0.25) is 4.79 Å². The van der Waals surface area contributed by atoms with Crippen LogP contribution in [0, 0.1) is 0 Å². The summed E-state index contributed by atoms with van der Waals surface area (Å²) < 4.78 is 29.3. The third-order valence-corrected chi connectivity index (χ3v) is 6.89. The standard InChI is InChI=1S/C23H20BrN3O3S/c24-17-10-12-19(13-11-17)31(29,30)27-22(23(28)26-18-6-2-1-3-7-18)14-16-15-25-21-9-5-4-8-20(16)21/h1-13,15,22,25,27H,14H2,(H,26,28). The largest absolute Gasteiger partial charge is 0.361 e. The van der Waals surface area contributed by atoms with Gasteiger partial charge in [0.05, 0.1) is 4.90 Å². The molecule has 0 saturated heterocycles. The van der Waals surface area contributed by atoms with Crippen molar-refractivity contribution in [1.82, 2.24) is 9.71 Å². The van der Waals surface area contributed by atoms with E-state index in [0.717, 1.165) is 20.9 Å². The number of para-hydroxylation sites is 2. The zero-order chi connectivity index (χ0) is 21.8. The number of anilines is 1. The molecule has 1 unspecified atom stereocenters. The summed E-state index contributed by atoms with van der Waals surface area (Å²) in [5.41, 5.74) is 2.37. The quantitative estimate of drug-likeness (QED) is 0.352. The van der Waals surface area contributed by atoms with E-state index in [-0.39, 0.29) is 11.3 Å². The van der Waals surface area contributed by atoms with E-state index in [1.54, 1.807) is 42.6 Å². The highest BCUT2D eigenvalue weighted by Gasteiger charge is 2.27. The number of hydrogen-bond acceptors (Lipinski definition) is 3. The first kappa shape index (κ1) is 21.3. The van der Waals surface area contributed by atoms with Crippen molar-refractivity contribution in [3.05, 3.63) is 95.1 Å². The summed E-state index contributed by atoms with van der Waals surface area (Å²) in [5, 5.41) is 3.75. The van der Waals surface area contributed by atoms with Crippen LogP contribution in [0.1, 0.15) is 5.56 Å². The molecular formula is C23H20BrN3O3S. The van der Waals surface area contributed by atoms with E-state index in [1.807, 2.05) is 30.3 Å². The Labute approximate surface area is 188 Å². The summed E-state index contributed by atoms with van der Waals surface area (Å²) in [7, 11) is -3.91. The lowest BCUT2D eigenvalue weighted by molar-refractivity contribution is -0.117. The number of rotatable bonds is 7. The molecule has 6 nitrogen and oxygen atoms in total. The van der Waals surface area contributed by atoms with Gasteiger partial charge in [0.15, 0.2) is 0 Å². The van der Waals surface area contributed by atoms with Crippen LogP contribution in [-0.4, -0.2) is 25.4 Å². The maximum atomic E-state index is 13.1. The first-order chi connectivity index (χ1) is 14.9. The van der Waals surface area contributed by atoms with Gasteiger partial charge in [0.2, 0.25) is 15.9 Å². The van der Waals surface area contributed by atoms with Crippen LogP contribution in [-0.2, 0) is 21.2 Å². The first-order valence-electron chi connectivity index (χ1n) is 9.61. The summed E-state index contributed by atoms with van der Waals surface area (Å²) in [5.74, 6) is -0.433. The fourth-order valence-corrected chi connectivity index (χ4v) is 4.79. The van der Waals surface area contributed by atoms with Crippen molar-refractivity contribution in [3.8, 4) is 0 Å². The third kappa shape index (κ3) is 5.04. The number of benzene rings is 3. The molecule has 1 atom stereocenters. The third-order valence-electron chi connectivity index (χ3n) is 4.88. The number of carbonyl (C=O) groups excluding carboxylic acids is 1. The molecule has 0 aliphatic rings. The van der Waals surface area contributed by atoms with Crippen LogP contribution in [0.3, 0.4) is 0 Å². The van der Waals surface area contributed by atoms with Gasteiger partial charge in [-0.25, -0.2) is 8.42 Å². The highest BCUT2D eigenvalue weighted by Crippen LogP contribution is 2.21. The van der Waals surface area contributed by atoms with Crippen molar-refractivity contribution in [2.24, 2.45) is 0 Å². The monoisotopic (exact) mass is 497 g/mol. The number of aromatic amines is 1. The van der Waals surface area contributed by atoms with E-state index >= 15 is 0 Å². The second-order valence-electron chi connectivity index (χ2n) is 7.05. The molecular weight excluding hydrogens is 478 g/mol. The average molecular weight is 498 g/mol. The lowest BCUT2D eigenvalue weighted by Crippen LogP contribution is -2.45. The Morgan fingerprint density at radius 2 is 1.61 bits per heavy atom. The average Bonchev–Trinajstić information content (AvgIpc) is 3.17. The Bertz CT molecular complexity index is 1300. The molecule has 0 aliphatic heterocycles. The van der Waals surface area contributed by atoms with Crippen molar-refractivity contribution >= 4 is 48.5 Å². The fraction of sp³-hybridized carbons (Fsp3) is 0.0870. The second kappa shape index (κ2) is 9.05. The molecule has 0 spiro atoms. The summed E-state index contributed by atoms with van der Waals surface area (Å²) in [4.78, 5) is 16.3. The van der Waals surface area contributed by atoms with Gasteiger partial charge in [-0.2, -0.15) is 4.72 Å². The molecule has 0 aliphatic carbocycles. The van der Waals surface area contributed by atoms with E-state index < -0.39 is 22.0 Å². The molecule has 8 heteroatoms. The number of amides is 1. The normalized spacial score (nSPS) is 12.5. The summed E-state index contributed by atoms with van der Waals surface area (Å²) in [6, 6.07) is 21.9.